The molecule has 8 heteroatoms. The van der Waals surface area contributed by atoms with Crippen LogP contribution in [0, 0.1) is 5.82 Å². The van der Waals surface area contributed by atoms with Gasteiger partial charge >= 0.3 is 0 Å². The van der Waals surface area contributed by atoms with Crippen LogP contribution in [0.4, 0.5) is 15.8 Å². The summed E-state index contributed by atoms with van der Waals surface area (Å²) in [5.41, 5.74) is 0.889. The van der Waals surface area contributed by atoms with Crippen molar-refractivity contribution in [2.24, 2.45) is 0 Å². The first-order valence-corrected chi connectivity index (χ1v) is 9.31. The number of benzene rings is 2. The lowest BCUT2D eigenvalue weighted by molar-refractivity contribution is -0.116. The number of halogens is 1. The van der Waals surface area contributed by atoms with Gasteiger partial charge in [-0.25, -0.2) is 12.8 Å². The van der Waals surface area contributed by atoms with Crippen LogP contribution in [0.2, 0.25) is 0 Å². The van der Waals surface area contributed by atoms with E-state index in [1.807, 2.05) is 0 Å². The topological polar surface area (TPSA) is 75.7 Å². The third-order valence-corrected chi connectivity index (χ3v) is 4.62. The molecule has 6 nitrogen and oxygen atoms in total. The number of rotatable bonds is 7. The highest BCUT2D eigenvalue weighted by atomic mass is 32.2. The Labute approximate surface area is 146 Å². The van der Waals surface area contributed by atoms with E-state index in [9.17, 15) is 17.6 Å². The maximum Gasteiger partial charge on any atom is 0.232 e. The van der Waals surface area contributed by atoms with Crippen LogP contribution < -0.4 is 14.4 Å². The third kappa shape index (κ3) is 5.46. The van der Waals surface area contributed by atoms with Crippen LogP contribution in [-0.4, -0.2) is 34.2 Å². The highest BCUT2D eigenvalue weighted by Gasteiger charge is 2.18. The number of nitrogens with one attached hydrogen (secondary N) is 1. The molecule has 0 aliphatic carbocycles. The fourth-order valence-electron chi connectivity index (χ4n) is 2.19. The number of hydrogen-bond donors (Lipinski definition) is 1. The summed E-state index contributed by atoms with van der Waals surface area (Å²) in [6.07, 6.45) is 1.03. The normalized spacial score (nSPS) is 11.0. The first-order chi connectivity index (χ1) is 11.8. The summed E-state index contributed by atoms with van der Waals surface area (Å²) < 4.78 is 43.1. The Kier molecular flexibility index (Phi) is 5.97. The number of amides is 1. The van der Waals surface area contributed by atoms with Gasteiger partial charge in [0.05, 0.1) is 19.1 Å². The van der Waals surface area contributed by atoms with Crippen LogP contribution in [0.15, 0.2) is 48.5 Å². The van der Waals surface area contributed by atoms with E-state index >= 15 is 0 Å². The molecular weight excluding hydrogens is 347 g/mol. The average Bonchev–Trinajstić information content (AvgIpc) is 2.56. The summed E-state index contributed by atoms with van der Waals surface area (Å²) in [5, 5.41) is 2.60. The molecule has 25 heavy (non-hydrogen) atoms. The molecule has 1 N–H and O–H groups in total. The quantitative estimate of drug-likeness (QED) is 0.817. The van der Waals surface area contributed by atoms with Gasteiger partial charge in [0.1, 0.15) is 11.6 Å². The van der Waals surface area contributed by atoms with Gasteiger partial charge in [-0.3, -0.25) is 9.10 Å². The fraction of sp³-hybridized carbons (Fsp3) is 0.235. The highest BCUT2D eigenvalue weighted by molar-refractivity contribution is 7.92. The lowest BCUT2D eigenvalue weighted by Gasteiger charge is -2.22. The van der Waals surface area contributed by atoms with Gasteiger partial charge in [-0.05, 0) is 48.5 Å². The third-order valence-electron chi connectivity index (χ3n) is 3.43. The minimum absolute atomic E-state index is 0.0157. The van der Waals surface area contributed by atoms with Crippen LogP contribution in [0.1, 0.15) is 6.42 Å². The maximum absolute atomic E-state index is 12.9. The molecule has 0 saturated heterocycles. The molecule has 0 heterocycles. The number of nitrogens with zero attached hydrogens (tertiary/aromatic N) is 1. The van der Waals surface area contributed by atoms with Crippen molar-refractivity contribution in [1.29, 1.82) is 0 Å². The molecular formula is C17H19FN2O4S. The van der Waals surface area contributed by atoms with E-state index in [1.54, 1.807) is 24.3 Å². The molecule has 0 unspecified atom stereocenters. The molecule has 0 radical (unpaired) electrons. The minimum atomic E-state index is -3.55. The van der Waals surface area contributed by atoms with Crippen molar-refractivity contribution in [1.82, 2.24) is 0 Å². The fourth-order valence-corrected chi connectivity index (χ4v) is 3.12. The van der Waals surface area contributed by atoms with Gasteiger partial charge in [-0.15, -0.1) is 0 Å². The predicted octanol–water partition coefficient (Wildman–Crippen LogP) is 2.63. The summed E-state index contributed by atoms with van der Waals surface area (Å²) in [7, 11) is -2.03. The summed E-state index contributed by atoms with van der Waals surface area (Å²) in [4.78, 5) is 12.0. The van der Waals surface area contributed by atoms with Crippen LogP contribution >= 0.6 is 0 Å². The van der Waals surface area contributed by atoms with Crippen molar-refractivity contribution in [3.8, 4) is 5.75 Å². The summed E-state index contributed by atoms with van der Waals surface area (Å²) in [6.45, 7) is -0.0157. The Morgan fingerprint density at radius 1 is 1.12 bits per heavy atom. The van der Waals surface area contributed by atoms with E-state index in [4.69, 9.17) is 4.74 Å². The van der Waals surface area contributed by atoms with Crippen LogP contribution in [0.5, 0.6) is 5.75 Å². The Bertz CT molecular complexity index is 821. The van der Waals surface area contributed by atoms with Crippen molar-refractivity contribution in [2.75, 3.05) is 29.5 Å². The van der Waals surface area contributed by atoms with Crippen molar-refractivity contribution in [2.45, 2.75) is 6.42 Å². The highest BCUT2D eigenvalue weighted by Crippen LogP contribution is 2.21. The van der Waals surface area contributed by atoms with Crippen molar-refractivity contribution < 1.29 is 22.3 Å². The molecule has 0 fully saturated rings. The second-order valence-electron chi connectivity index (χ2n) is 5.34. The maximum atomic E-state index is 12.9. The largest absolute Gasteiger partial charge is 0.497 e. The zero-order valence-electron chi connectivity index (χ0n) is 13.9. The summed E-state index contributed by atoms with van der Waals surface area (Å²) in [6, 6.07) is 11.8. The molecule has 1 amide bonds. The first kappa shape index (κ1) is 18.7. The number of ether oxygens (including phenoxy) is 1. The van der Waals surface area contributed by atoms with E-state index in [2.05, 4.69) is 5.32 Å². The molecule has 0 spiro atoms. The minimum Gasteiger partial charge on any atom is -0.497 e. The summed E-state index contributed by atoms with van der Waals surface area (Å²) in [5.74, 6) is -0.166. The van der Waals surface area contributed by atoms with Crippen LogP contribution in [0.3, 0.4) is 0 Å². The molecule has 134 valence electrons. The lowest BCUT2D eigenvalue weighted by Crippen LogP contribution is -2.33. The first-order valence-electron chi connectivity index (χ1n) is 7.47. The predicted molar refractivity (Wildman–Crippen MR) is 94.8 cm³/mol. The SMILES string of the molecule is COc1ccc(N(CCC(=O)Nc2ccc(F)cc2)S(C)(=O)=O)cc1. The molecule has 2 aromatic rings. The van der Waals surface area contributed by atoms with Gasteiger partial charge in [0.25, 0.3) is 0 Å². The van der Waals surface area contributed by atoms with E-state index in [-0.39, 0.29) is 18.9 Å². The Balaban J connectivity index is 2.04. The van der Waals surface area contributed by atoms with E-state index in [0.717, 1.165) is 10.6 Å². The van der Waals surface area contributed by atoms with Gasteiger partial charge in [0.15, 0.2) is 0 Å². The molecule has 0 bridgehead atoms. The number of methoxy groups -OCH3 is 1. The Hall–Kier alpha value is -2.61. The van der Waals surface area contributed by atoms with Crippen LogP contribution in [0.25, 0.3) is 0 Å². The van der Waals surface area contributed by atoms with Gasteiger partial charge in [-0.1, -0.05) is 0 Å². The molecule has 0 atom stereocenters. The number of hydrogen-bond acceptors (Lipinski definition) is 4. The second kappa shape index (κ2) is 7.98. The van der Waals surface area contributed by atoms with Crippen LogP contribution in [-0.2, 0) is 14.8 Å². The van der Waals surface area contributed by atoms with Gasteiger partial charge in [0, 0.05) is 18.7 Å². The molecule has 2 aromatic carbocycles. The molecule has 0 aliphatic rings. The Morgan fingerprint density at radius 2 is 1.72 bits per heavy atom. The monoisotopic (exact) mass is 366 g/mol. The number of carbonyl (C=O) groups is 1. The van der Waals surface area contributed by atoms with Crippen molar-refractivity contribution in [3.63, 3.8) is 0 Å². The number of carbonyl (C=O) groups excluding carboxylic acids is 1. The standard InChI is InChI=1S/C17H19FN2O4S/c1-24-16-9-7-15(8-10-16)20(25(2,22)23)12-11-17(21)19-14-5-3-13(18)4-6-14/h3-10H,11-12H2,1-2H3,(H,19,21). The zero-order chi connectivity index (χ0) is 18.4. The van der Waals surface area contributed by atoms with Crippen molar-refractivity contribution >= 4 is 27.3 Å². The Morgan fingerprint density at radius 3 is 2.24 bits per heavy atom. The van der Waals surface area contributed by atoms with Gasteiger partial charge in [0.2, 0.25) is 15.9 Å². The second-order valence-corrected chi connectivity index (χ2v) is 7.25. The van der Waals surface area contributed by atoms with E-state index in [1.165, 1.54) is 31.4 Å². The molecule has 0 saturated carbocycles. The molecule has 2 rings (SSSR count). The van der Waals surface area contributed by atoms with E-state index in [0.29, 0.717) is 17.1 Å². The molecule has 0 aliphatic heterocycles. The number of anilines is 2. The average molecular weight is 366 g/mol. The summed E-state index contributed by atoms with van der Waals surface area (Å²) >= 11 is 0. The molecule has 0 aromatic heterocycles. The van der Waals surface area contributed by atoms with Crippen molar-refractivity contribution in [3.05, 3.63) is 54.3 Å². The van der Waals surface area contributed by atoms with Gasteiger partial charge < -0.3 is 10.1 Å². The smallest absolute Gasteiger partial charge is 0.232 e. The zero-order valence-corrected chi connectivity index (χ0v) is 14.7. The number of sulfonamides is 1. The van der Waals surface area contributed by atoms with E-state index < -0.39 is 15.8 Å². The lowest BCUT2D eigenvalue weighted by atomic mass is 10.2. The van der Waals surface area contributed by atoms with Gasteiger partial charge in [-0.2, -0.15) is 0 Å².